The summed E-state index contributed by atoms with van der Waals surface area (Å²) in [5, 5.41) is 1.22. The van der Waals surface area contributed by atoms with Crippen molar-refractivity contribution < 1.29 is 14.3 Å². The van der Waals surface area contributed by atoms with Crippen LogP contribution in [0.1, 0.15) is 35.0 Å². The summed E-state index contributed by atoms with van der Waals surface area (Å²) < 4.78 is 13.4. The van der Waals surface area contributed by atoms with E-state index in [0.717, 1.165) is 29.4 Å². The fourth-order valence-electron chi connectivity index (χ4n) is 3.13. The number of benzene rings is 1. The summed E-state index contributed by atoms with van der Waals surface area (Å²) in [6, 6.07) is 9.20. The number of aryl methyl sites for hydroxylation is 1. The summed E-state index contributed by atoms with van der Waals surface area (Å²) in [5.41, 5.74) is 2.39. The second-order valence-electron chi connectivity index (χ2n) is 6.38. The highest BCUT2D eigenvalue weighted by molar-refractivity contribution is 6.33. The van der Waals surface area contributed by atoms with Gasteiger partial charge in [-0.2, -0.15) is 0 Å². The van der Waals surface area contributed by atoms with E-state index in [-0.39, 0.29) is 24.9 Å². The molecular formula is C19H18ClN3O3. The number of fused-ring (bicyclic) bond motifs is 1. The fourth-order valence-corrected chi connectivity index (χ4v) is 3.32. The molecule has 0 spiro atoms. The van der Waals surface area contributed by atoms with Crippen LogP contribution >= 0.6 is 11.6 Å². The second kappa shape index (κ2) is 7.05. The first-order chi connectivity index (χ1) is 12.6. The SMILES string of the molecule is Cc1ccc(C(=O)OCC2CCC(n3ccc4c(Cl)ncnc43)O2)cc1. The number of hydrogen-bond donors (Lipinski definition) is 0. The van der Waals surface area contributed by atoms with Crippen LogP contribution in [0.3, 0.4) is 0 Å². The molecule has 1 aliphatic heterocycles. The topological polar surface area (TPSA) is 66.2 Å². The zero-order valence-corrected chi connectivity index (χ0v) is 15.0. The molecule has 1 aromatic carbocycles. The first kappa shape index (κ1) is 17.0. The van der Waals surface area contributed by atoms with Gasteiger partial charge in [-0.1, -0.05) is 29.3 Å². The monoisotopic (exact) mass is 371 g/mol. The largest absolute Gasteiger partial charge is 0.459 e. The number of halogens is 1. The molecule has 0 amide bonds. The lowest BCUT2D eigenvalue weighted by Crippen LogP contribution is -2.19. The molecule has 6 nitrogen and oxygen atoms in total. The minimum Gasteiger partial charge on any atom is -0.459 e. The van der Waals surface area contributed by atoms with Crippen LogP contribution < -0.4 is 0 Å². The standard InChI is InChI=1S/C19H18ClN3O3/c1-12-2-4-13(5-3-12)19(24)25-10-14-6-7-16(26-14)23-9-8-15-17(20)21-11-22-18(15)23/h2-5,8-9,11,14,16H,6-7,10H2,1H3. The molecule has 0 radical (unpaired) electrons. The molecule has 2 atom stereocenters. The quantitative estimate of drug-likeness (QED) is 0.513. The highest BCUT2D eigenvalue weighted by atomic mass is 35.5. The molecule has 0 N–H and O–H groups in total. The molecule has 1 saturated heterocycles. The van der Waals surface area contributed by atoms with Crippen molar-refractivity contribution in [3.8, 4) is 0 Å². The van der Waals surface area contributed by atoms with Gasteiger partial charge in [0.25, 0.3) is 0 Å². The van der Waals surface area contributed by atoms with Gasteiger partial charge in [0.05, 0.1) is 17.1 Å². The van der Waals surface area contributed by atoms with Crippen molar-refractivity contribution in [1.82, 2.24) is 14.5 Å². The number of hydrogen-bond acceptors (Lipinski definition) is 5. The Balaban J connectivity index is 1.38. The highest BCUT2D eigenvalue weighted by Crippen LogP contribution is 2.32. The number of aromatic nitrogens is 3. The summed E-state index contributed by atoms with van der Waals surface area (Å²) >= 11 is 6.10. The van der Waals surface area contributed by atoms with Crippen molar-refractivity contribution >= 4 is 28.6 Å². The molecule has 0 saturated carbocycles. The third-order valence-corrected chi connectivity index (χ3v) is 4.84. The molecule has 0 aliphatic carbocycles. The first-order valence-corrected chi connectivity index (χ1v) is 8.86. The van der Waals surface area contributed by atoms with Gasteiger partial charge in [-0.05, 0) is 38.0 Å². The molecule has 26 heavy (non-hydrogen) atoms. The molecule has 2 aromatic heterocycles. The van der Waals surface area contributed by atoms with E-state index in [1.54, 1.807) is 12.1 Å². The minimum atomic E-state index is -0.331. The number of carbonyl (C=O) groups excluding carboxylic acids is 1. The fraction of sp³-hybridized carbons (Fsp3) is 0.316. The van der Waals surface area contributed by atoms with Crippen molar-refractivity contribution in [2.75, 3.05) is 6.61 Å². The molecule has 3 heterocycles. The van der Waals surface area contributed by atoms with Gasteiger partial charge in [0.2, 0.25) is 0 Å². The van der Waals surface area contributed by atoms with Gasteiger partial charge in [-0.15, -0.1) is 0 Å². The second-order valence-corrected chi connectivity index (χ2v) is 6.74. The Morgan fingerprint density at radius 1 is 1.27 bits per heavy atom. The summed E-state index contributed by atoms with van der Waals surface area (Å²) in [7, 11) is 0. The van der Waals surface area contributed by atoms with Gasteiger partial charge in [0, 0.05) is 6.20 Å². The average molecular weight is 372 g/mol. The molecule has 7 heteroatoms. The van der Waals surface area contributed by atoms with E-state index in [1.165, 1.54) is 6.33 Å². The lowest BCUT2D eigenvalue weighted by molar-refractivity contribution is -0.0307. The van der Waals surface area contributed by atoms with Crippen LogP contribution in [0.15, 0.2) is 42.9 Å². The molecule has 3 aromatic rings. The third kappa shape index (κ3) is 3.30. The minimum absolute atomic E-state index is 0.135. The number of rotatable bonds is 4. The Morgan fingerprint density at radius 3 is 2.88 bits per heavy atom. The van der Waals surface area contributed by atoms with Crippen molar-refractivity contribution in [1.29, 1.82) is 0 Å². The number of nitrogens with zero attached hydrogens (tertiary/aromatic N) is 3. The predicted molar refractivity (Wildman–Crippen MR) is 97.1 cm³/mol. The number of carbonyl (C=O) groups is 1. The van der Waals surface area contributed by atoms with Crippen molar-refractivity contribution in [2.45, 2.75) is 32.1 Å². The van der Waals surface area contributed by atoms with Crippen molar-refractivity contribution in [2.24, 2.45) is 0 Å². The van der Waals surface area contributed by atoms with Gasteiger partial charge in [-0.25, -0.2) is 14.8 Å². The van der Waals surface area contributed by atoms with Gasteiger partial charge >= 0.3 is 5.97 Å². The van der Waals surface area contributed by atoms with Crippen molar-refractivity contribution in [3.05, 3.63) is 59.1 Å². The number of ether oxygens (including phenoxy) is 2. The van der Waals surface area contributed by atoms with Gasteiger partial charge < -0.3 is 14.0 Å². The van der Waals surface area contributed by atoms with Crippen LogP contribution in [0.4, 0.5) is 0 Å². The summed E-state index contributed by atoms with van der Waals surface area (Å²) in [6.07, 6.45) is 4.68. The van der Waals surface area contributed by atoms with Gasteiger partial charge in [-0.3, -0.25) is 0 Å². The maximum Gasteiger partial charge on any atom is 0.338 e. The van der Waals surface area contributed by atoms with E-state index in [2.05, 4.69) is 9.97 Å². The third-order valence-electron chi connectivity index (χ3n) is 4.54. The molecule has 1 fully saturated rings. The van der Waals surface area contributed by atoms with Crippen molar-refractivity contribution in [3.63, 3.8) is 0 Å². The van der Waals surface area contributed by atoms with Crippen LogP contribution in [0.25, 0.3) is 11.0 Å². The Bertz CT molecular complexity index is 939. The van der Waals surface area contributed by atoms with E-state index < -0.39 is 0 Å². The van der Waals surface area contributed by atoms with E-state index in [1.807, 2.05) is 35.9 Å². The summed E-state index contributed by atoms with van der Waals surface area (Å²) in [6.45, 7) is 2.21. The maximum atomic E-state index is 12.1. The Labute approximate surface area is 155 Å². The maximum absolute atomic E-state index is 12.1. The van der Waals surface area contributed by atoms with Crippen LogP contribution in [-0.2, 0) is 9.47 Å². The Kier molecular flexibility index (Phi) is 4.61. The molecular weight excluding hydrogens is 354 g/mol. The smallest absolute Gasteiger partial charge is 0.338 e. The van der Waals surface area contributed by atoms with Crippen LogP contribution in [0, 0.1) is 6.92 Å². The van der Waals surface area contributed by atoms with Gasteiger partial charge in [0.1, 0.15) is 30.0 Å². The normalized spacial score (nSPS) is 19.8. The van der Waals surface area contributed by atoms with E-state index in [0.29, 0.717) is 10.7 Å². The molecule has 1 aliphatic rings. The van der Waals surface area contributed by atoms with Crippen LogP contribution in [0.2, 0.25) is 5.15 Å². The predicted octanol–water partition coefficient (Wildman–Crippen LogP) is 3.93. The Hall–Kier alpha value is -2.44. The van der Waals surface area contributed by atoms with E-state index >= 15 is 0 Å². The average Bonchev–Trinajstić information content (AvgIpc) is 3.27. The zero-order chi connectivity index (χ0) is 18.1. The lowest BCUT2D eigenvalue weighted by Gasteiger charge is -2.16. The summed E-state index contributed by atoms with van der Waals surface area (Å²) in [4.78, 5) is 20.4. The first-order valence-electron chi connectivity index (χ1n) is 8.48. The van der Waals surface area contributed by atoms with E-state index in [9.17, 15) is 4.79 Å². The highest BCUT2D eigenvalue weighted by Gasteiger charge is 2.29. The van der Waals surface area contributed by atoms with Crippen LogP contribution in [-0.4, -0.2) is 33.2 Å². The molecule has 2 unspecified atom stereocenters. The molecule has 134 valence electrons. The Morgan fingerprint density at radius 2 is 2.08 bits per heavy atom. The number of esters is 1. The zero-order valence-electron chi connectivity index (χ0n) is 14.3. The van der Waals surface area contributed by atoms with Gasteiger partial charge in [0.15, 0.2) is 0 Å². The molecule has 0 bridgehead atoms. The lowest BCUT2D eigenvalue weighted by atomic mass is 10.1. The molecule has 4 rings (SSSR count). The van der Waals surface area contributed by atoms with E-state index in [4.69, 9.17) is 21.1 Å². The summed E-state index contributed by atoms with van der Waals surface area (Å²) in [5.74, 6) is -0.331. The van der Waals surface area contributed by atoms with Crippen LogP contribution in [0.5, 0.6) is 0 Å².